The predicted octanol–water partition coefficient (Wildman–Crippen LogP) is 4.22. The summed E-state index contributed by atoms with van der Waals surface area (Å²) in [6.45, 7) is 4.24. The van der Waals surface area contributed by atoms with Crippen molar-refractivity contribution in [2.24, 2.45) is 0 Å². The largest absolute Gasteiger partial charge is 0.344 e. The fraction of sp³-hybridized carbons (Fsp3) is 0.200. The summed E-state index contributed by atoms with van der Waals surface area (Å²) in [5.41, 5.74) is 5.40. The van der Waals surface area contributed by atoms with E-state index in [1.54, 1.807) is 0 Å². The van der Waals surface area contributed by atoms with Crippen LogP contribution in [0.4, 0.5) is 0 Å². The minimum Gasteiger partial charge on any atom is -0.344 e. The van der Waals surface area contributed by atoms with Crippen molar-refractivity contribution < 1.29 is 0 Å². The number of hydrogen-bond acceptors (Lipinski definition) is 2. The molecule has 2 nitrogen and oxygen atoms in total. The van der Waals surface area contributed by atoms with E-state index >= 15 is 0 Å². The fourth-order valence-corrected chi connectivity index (χ4v) is 1.65. The first-order chi connectivity index (χ1) is 7.24. The lowest BCUT2D eigenvalue weighted by Crippen LogP contribution is -1.88. The topological polar surface area (TPSA) is 70.0 Å². The van der Waals surface area contributed by atoms with Crippen molar-refractivity contribution in [2.45, 2.75) is 20.3 Å². The molecule has 0 radical (unpaired) electrons. The van der Waals surface area contributed by atoms with E-state index in [9.17, 15) is 0 Å². The third-order valence-corrected chi connectivity index (χ3v) is 2.65. The van der Waals surface area contributed by atoms with Crippen LogP contribution >= 0.6 is 0 Å². The molecule has 0 spiro atoms. The number of benzene rings is 2. The molecule has 2 heteroatoms. The van der Waals surface area contributed by atoms with Crippen molar-refractivity contribution in [3.63, 3.8) is 0 Å². The molecule has 0 fully saturated rings. The molecule has 0 bridgehead atoms. The van der Waals surface area contributed by atoms with Crippen molar-refractivity contribution in [1.82, 2.24) is 12.3 Å². The zero-order valence-corrected chi connectivity index (χ0v) is 10.7. The number of aryl methyl sites for hydroxylation is 2. The van der Waals surface area contributed by atoms with Crippen LogP contribution in [0.3, 0.4) is 0 Å². The van der Waals surface area contributed by atoms with E-state index in [2.05, 4.69) is 62.4 Å². The van der Waals surface area contributed by atoms with E-state index in [1.165, 1.54) is 22.3 Å². The molecule has 0 aliphatic heterocycles. The molecule has 0 amide bonds. The van der Waals surface area contributed by atoms with Gasteiger partial charge in [-0.05, 0) is 31.4 Å². The smallest absolute Gasteiger partial charge is 0.00258 e. The first-order valence-corrected chi connectivity index (χ1v) is 5.35. The van der Waals surface area contributed by atoms with Gasteiger partial charge in [-0.1, -0.05) is 59.7 Å². The summed E-state index contributed by atoms with van der Waals surface area (Å²) in [5.74, 6) is 0. The van der Waals surface area contributed by atoms with Gasteiger partial charge in [0, 0.05) is 0 Å². The van der Waals surface area contributed by atoms with Crippen molar-refractivity contribution in [3.05, 3.63) is 70.8 Å². The Morgan fingerprint density at radius 3 is 1.18 bits per heavy atom. The average Bonchev–Trinajstić information content (AvgIpc) is 2.25. The van der Waals surface area contributed by atoms with Crippen LogP contribution in [0.15, 0.2) is 48.5 Å². The van der Waals surface area contributed by atoms with Gasteiger partial charge in [-0.25, -0.2) is 0 Å². The van der Waals surface area contributed by atoms with Gasteiger partial charge in [0.05, 0.1) is 0 Å². The van der Waals surface area contributed by atoms with Gasteiger partial charge in [0.1, 0.15) is 0 Å². The van der Waals surface area contributed by atoms with E-state index in [0.717, 1.165) is 6.42 Å². The summed E-state index contributed by atoms with van der Waals surface area (Å²) in [7, 11) is 0. The van der Waals surface area contributed by atoms with Crippen molar-refractivity contribution in [3.8, 4) is 0 Å². The molecular weight excluding hydrogens is 208 g/mol. The first-order valence-electron chi connectivity index (χ1n) is 5.35. The van der Waals surface area contributed by atoms with Gasteiger partial charge in [0.25, 0.3) is 0 Å². The van der Waals surface area contributed by atoms with Gasteiger partial charge in [0.2, 0.25) is 0 Å². The van der Waals surface area contributed by atoms with Gasteiger partial charge in [-0.2, -0.15) is 0 Å². The van der Waals surface area contributed by atoms with Crippen LogP contribution in [0.25, 0.3) is 0 Å². The molecule has 2 aromatic carbocycles. The highest BCUT2D eigenvalue weighted by molar-refractivity contribution is 5.29. The summed E-state index contributed by atoms with van der Waals surface area (Å²) >= 11 is 0. The third kappa shape index (κ3) is 4.39. The van der Waals surface area contributed by atoms with Gasteiger partial charge in [-0.3, -0.25) is 0 Å². The lowest BCUT2D eigenvalue weighted by Gasteiger charge is -2.03. The molecule has 0 saturated heterocycles. The normalized spacial score (nSPS) is 9.06. The molecule has 2 rings (SSSR count). The number of rotatable bonds is 2. The minimum absolute atomic E-state index is 0. The molecule has 0 aromatic heterocycles. The Morgan fingerprint density at radius 1 is 0.588 bits per heavy atom. The van der Waals surface area contributed by atoms with Crippen molar-refractivity contribution >= 4 is 0 Å². The van der Waals surface area contributed by atoms with E-state index in [0.29, 0.717) is 0 Å². The molecule has 17 heavy (non-hydrogen) atoms. The second-order valence-electron chi connectivity index (χ2n) is 4.15. The van der Waals surface area contributed by atoms with Gasteiger partial charge in [0.15, 0.2) is 0 Å². The fourth-order valence-electron chi connectivity index (χ4n) is 1.65. The predicted molar refractivity (Wildman–Crippen MR) is 75.2 cm³/mol. The Morgan fingerprint density at radius 2 is 0.882 bits per heavy atom. The standard InChI is InChI=1S/C15H16.2H3N/c1-12-3-7-14(8-4-12)11-15-9-5-13(2)6-10-15;;/h3-10H,11H2,1-2H3;2*1H3. The maximum Gasteiger partial charge on any atom is -0.00258 e. The third-order valence-electron chi connectivity index (χ3n) is 2.65. The summed E-state index contributed by atoms with van der Waals surface area (Å²) in [5, 5.41) is 0. The minimum atomic E-state index is 0. The SMILES string of the molecule is Cc1ccc(Cc2ccc(C)cc2)cc1.N.N. The summed E-state index contributed by atoms with van der Waals surface area (Å²) < 4.78 is 0. The van der Waals surface area contributed by atoms with Crippen LogP contribution in [0.5, 0.6) is 0 Å². The Kier molecular flexibility index (Phi) is 6.18. The van der Waals surface area contributed by atoms with E-state index < -0.39 is 0 Å². The summed E-state index contributed by atoms with van der Waals surface area (Å²) in [6.07, 6.45) is 1.03. The summed E-state index contributed by atoms with van der Waals surface area (Å²) in [4.78, 5) is 0. The monoisotopic (exact) mass is 230 g/mol. The zero-order chi connectivity index (χ0) is 10.7. The van der Waals surface area contributed by atoms with Crippen LogP contribution in [0.1, 0.15) is 22.3 Å². The molecule has 0 saturated carbocycles. The molecule has 0 unspecified atom stereocenters. The Hall–Kier alpha value is -1.64. The number of hydrogen-bond donors (Lipinski definition) is 2. The van der Waals surface area contributed by atoms with Gasteiger partial charge in [-0.15, -0.1) is 0 Å². The van der Waals surface area contributed by atoms with Gasteiger partial charge >= 0.3 is 0 Å². The lowest BCUT2D eigenvalue weighted by atomic mass is 10.0. The highest BCUT2D eigenvalue weighted by Crippen LogP contribution is 2.11. The van der Waals surface area contributed by atoms with Crippen LogP contribution in [-0.2, 0) is 6.42 Å². The molecule has 6 N–H and O–H groups in total. The maximum atomic E-state index is 2.20. The zero-order valence-electron chi connectivity index (χ0n) is 10.7. The highest BCUT2D eigenvalue weighted by atomic mass is 14.0. The molecule has 2 aromatic rings. The van der Waals surface area contributed by atoms with Crippen LogP contribution < -0.4 is 12.3 Å². The van der Waals surface area contributed by atoms with E-state index in [1.807, 2.05) is 0 Å². The molecule has 0 heterocycles. The van der Waals surface area contributed by atoms with Crippen molar-refractivity contribution in [1.29, 1.82) is 0 Å². The Balaban J connectivity index is 0.00000128. The van der Waals surface area contributed by atoms with Crippen LogP contribution in [0.2, 0.25) is 0 Å². The maximum absolute atomic E-state index is 2.20. The Bertz CT molecular complexity index is 386. The molecular formula is C15H22N2. The van der Waals surface area contributed by atoms with Crippen molar-refractivity contribution in [2.75, 3.05) is 0 Å². The average molecular weight is 230 g/mol. The highest BCUT2D eigenvalue weighted by Gasteiger charge is 1.95. The quantitative estimate of drug-likeness (QED) is 0.811. The first kappa shape index (κ1) is 15.4. The molecule has 0 atom stereocenters. The van der Waals surface area contributed by atoms with E-state index in [-0.39, 0.29) is 12.3 Å². The molecule has 0 aliphatic rings. The van der Waals surface area contributed by atoms with Crippen LogP contribution in [-0.4, -0.2) is 0 Å². The second-order valence-corrected chi connectivity index (χ2v) is 4.15. The van der Waals surface area contributed by atoms with Gasteiger partial charge < -0.3 is 12.3 Å². The lowest BCUT2D eigenvalue weighted by molar-refractivity contribution is 1.18. The Labute approximate surface area is 104 Å². The second kappa shape index (κ2) is 6.84. The van der Waals surface area contributed by atoms with E-state index in [4.69, 9.17) is 0 Å². The molecule has 92 valence electrons. The molecule has 0 aliphatic carbocycles. The summed E-state index contributed by atoms with van der Waals surface area (Å²) in [6, 6.07) is 17.5. The van der Waals surface area contributed by atoms with Crippen LogP contribution in [0, 0.1) is 13.8 Å².